The number of amides is 1. The van der Waals surface area contributed by atoms with E-state index < -0.39 is 0 Å². The summed E-state index contributed by atoms with van der Waals surface area (Å²) in [6, 6.07) is 38.0. The van der Waals surface area contributed by atoms with Gasteiger partial charge in [-0.05, 0) is 47.4 Å². The van der Waals surface area contributed by atoms with Crippen LogP contribution in [0.25, 0.3) is 28.1 Å². The minimum absolute atomic E-state index is 0.291. The number of nitrogens with zero attached hydrogens (tertiary/aromatic N) is 3. The van der Waals surface area contributed by atoms with E-state index in [1.54, 1.807) is 17.0 Å². The number of hydrogen-bond acceptors (Lipinski definition) is 3. The van der Waals surface area contributed by atoms with Crippen LogP contribution in [-0.2, 0) is 0 Å². The minimum atomic E-state index is -0.370. The van der Waals surface area contributed by atoms with Crippen molar-refractivity contribution in [2.24, 2.45) is 5.10 Å². The Labute approximate surface area is 204 Å². The highest BCUT2D eigenvalue weighted by Gasteiger charge is 2.17. The van der Waals surface area contributed by atoms with E-state index in [1.165, 1.54) is 0 Å². The second-order valence-corrected chi connectivity index (χ2v) is 8.22. The molecule has 0 spiro atoms. The summed E-state index contributed by atoms with van der Waals surface area (Å²) in [6.07, 6.45) is 1.61. The molecule has 35 heavy (non-hydrogen) atoms. The summed E-state index contributed by atoms with van der Waals surface area (Å²) in [5, 5.41) is 8.72. The first-order valence-corrected chi connectivity index (χ1v) is 11.4. The molecule has 0 saturated heterocycles. The van der Waals surface area contributed by atoms with Gasteiger partial charge >= 0.3 is 0 Å². The summed E-state index contributed by atoms with van der Waals surface area (Å²) < 4.78 is 1.81. The van der Waals surface area contributed by atoms with E-state index in [0.29, 0.717) is 5.69 Å². The van der Waals surface area contributed by atoms with E-state index in [0.717, 1.165) is 39.2 Å². The first kappa shape index (κ1) is 22.0. The number of nitrogens with one attached hydrogen (secondary N) is 1. The average molecular weight is 457 g/mol. The Morgan fingerprint density at radius 2 is 1.43 bits per heavy atom. The van der Waals surface area contributed by atoms with E-state index in [-0.39, 0.29) is 5.91 Å². The lowest BCUT2D eigenvalue weighted by Crippen LogP contribution is -2.18. The molecule has 1 heterocycles. The number of rotatable bonds is 6. The van der Waals surface area contributed by atoms with Gasteiger partial charge in [-0.25, -0.2) is 10.1 Å². The average Bonchev–Trinajstić information content (AvgIpc) is 3.36. The summed E-state index contributed by atoms with van der Waals surface area (Å²) in [4.78, 5) is 12.9. The Morgan fingerprint density at radius 3 is 2.14 bits per heavy atom. The van der Waals surface area contributed by atoms with Gasteiger partial charge in [0.15, 0.2) is 5.69 Å². The van der Waals surface area contributed by atoms with Crippen LogP contribution in [0, 0.1) is 6.92 Å². The summed E-state index contributed by atoms with van der Waals surface area (Å²) >= 11 is 0. The molecule has 5 nitrogen and oxygen atoms in total. The summed E-state index contributed by atoms with van der Waals surface area (Å²) in [5.74, 6) is -0.370. The van der Waals surface area contributed by atoms with Crippen LogP contribution in [-0.4, -0.2) is 21.9 Å². The maximum absolute atomic E-state index is 12.9. The molecule has 0 bridgehead atoms. The van der Waals surface area contributed by atoms with Gasteiger partial charge in [-0.1, -0.05) is 97.1 Å². The molecule has 5 heteroatoms. The Bertz CT molecular complexity index is 1470. The van der Waals surface area contributed by atoms with Gasteiger partial charge in [0, 0.05) is 5.56 Å². The van der Waals surface area contributed by atoms with Crippen molar-refractivity contribution in [2.45, 2.75) is 6.92 Å². The number of aromatic nitrogens is 2. The SMILES string of the molecule is Cc1cccc(-n2nc(C(=O)N/N=C\c3ccccc3)cc2-c2ccc(-c3ccccc3)cc2)c1. The number of carbonyl (C=O) groups excluding carboxylic acids is 1. The molecule has 1 amide bonds. The van der Waals surface area contributed by atoms with Crippen molar-refractivity contribution in [3.05, 3.63) is 132 Å². The molecule has 0 fully saturated rings. The molecular weight excluding hydrogens is 432 g/mol. The lowest BCUT2D eigenvalue weighted by Gasteiger charge is -2.09. The van der Waals surface area contributed by atoms with Gasteiger partial charge in [-0.2, -0.15) is 10.2 Å². The monoisotopic (exact) mass is 456 g/mol. The van der Waals surface area contributed by atoms with Gasteiger partial charge in [0.2, 0.25) is 0 Å². The van der Waals surface area contributed by atoms with Gasteiger partial charge < -0.3 is 0 Å². The van der Waals surface area contributed by atoms with Gasteiger partial charge in [0.05, 0.1) is 17.6 Å². The molecule has 0 aliphatic rings. The van der Waals surface area contributed by atoms with E-state index in [2.05, 4.69) is 52.0 Å². The second kappa shape index (κ2) is 10.0. The largest absolute Gasteiger partial charge is 0.291 e. The summed E-state index contributed by atoms with van der Waals surface area (Å²) in [6.45, 7) is 2.03. The van der Waals surface area contributed by atoms with Crippen LogP contribution in [0.5, 0.6) is 0 Å². The van der Waals surface area contributed by atoms with Crippen LogP contribution in [0.3, 0.4) is 0 Å². The molecule has 4 aromatic carbocycles. The third-order valence-electron chi connectivity index (χ3n) is 5.66. The fourth-order valence-corrected chi connectivity index (χ4v) is 3.88. The molecule has 0 saturated carbocycles. The Balaban J connectivity index is 1.47. The lowest BCUT2D eigenvalue weighted by molar-refractivity contribution is 0.0949. The molecule has 170 valence electrons. The van der Waals surface area contributed by atoms with Crippen LogP contribution in [0.15, 0.2) is 120 Å². The van der Waals surface area contributed by atoms with Crippen LogP contribution in [0.1, 0.15) is 21.6 Å². The maximum Gasteiger partial charge on any atom is 0.291 e. The molecule has 1 aromatic heterocycles. The van der Waals surface area contributed by atoms with Crippen molar-refractivity contribution in [1.29, 1.82) is 0 Å². The Kier molecular flexibility index (Phi) is 6.31. The first-order valence-electron chi connectivity index (χ1n) is 11.4. The zero-order valence-electron chi connectivity index (χ0n) is 19.3. The topological polar surface area (TPSA) is 59.3 Å². The molecule has 0 aliphatic carbocycles. The minimum Gasteiger partial charge on any atom is -0.265 e. The third kappa shape index (κ3) is 5.09. The van der Waals surface area contributed by atoms with E-state index in [4.69, 9.17) is 0 Å². The predicted molar refractivity (Wildman–Crippen MR) is 141 cm³/mol. The Morgan fingerprint density at radius 1 is 0.771 bits per heavy atom. The van der Waals surface area contributed by atoms with Gasteiger partial charge in [-0.3, -0.25) is 4.79 Å². The highest BCUT2D eigenvalue weighted by Crippen LogP contribution is 2.27. The van der Waals surface area contributed by atoms with E-state index in [1.807, 2.05) is 79.7 Å². The standard InChI is InChI=1S/C30H24N4O/c1-22-9-8-14-27(19-22)34-29(26-17-15-25(16-18-26)24-12-6-3-7-13-24)20-28(33-34)30(35)32-31-21-23-10-4-2-5-11-23/h2-21H,1H3,(H,32,35)/b31-21-. The summed E-state index contributed by atoms with van der Waals surface area (Å²) in [5.41, 5.74) is 9.85. The van der Waals surface area contributed by atoms with Crippen LogP contribution >= 0.6 is 0 Å². The number of carbonyl (C=O) groups is 1. The first-order chi connectivity index (χ1) is 17.2. The predicted octanol–water partition coefficient (Wildman–Crippen LogP) is 6.28. The number of hydrogen-bond donors (Lipinski definition) is 1. The van der Waals surface area contributed by atoms with Gasteiger partial charge in [-0.15, -0.1) is 0 Å². The van der Waals surface area contributed by atoms with Gasteiger partial charge in [0.1, 0.15) is 0 Å². The highest BCUT2D eigenvalue weighted by molar-refractivity contribution is 5.94. The Hall–Kier alpha value is -4.77. The van der Waals surface area contributed by atoms with Crippen molar-refractivity contribution in [1.82, 2.24) is 15.2 Å². The normalized spacial score (nSPS) is 11.0. The number of benzene rings is 4. The quantitative estimate of drug-likeness (QED) is 0.241. The number of aryl methyl sites for hydroxylation is 1. The molecule has 0 radical (unpaired) electrons. The van der Waals surface area contributed by atoms with Crippen molar-refractivity contribution in [2.75, 3.05) is 0 Å². The molecular formula is C30H24N4O. The van der Waals surface area contributed by atoms with Crippen molar-refractivity contribution >= 4 is 12.1 Å². The second-order valence-electron chi connectivity index (χ2n) is 8.22. The van der Waals surface area contributed by atoms with Crippen molar-refractivity contribution < 1.29 is 4.79 Å². The third-order valence-corrected chi connectivity index (χ3v) is 5.66. The molecule has 0 aliphatic heterocycles. The highest BCUT2D eigenvalue weighted by atomic mass is 16.2. The molecule has 1 N–H and O–H groups in total. The molecule has 5 rings (SSSR count). The zero-order chi connectivity index (χ0) is 24.0. The van der Waals surface area contributed by atoms with Crippen LogP contribution < -0.4 is 5.43 Å². The molecule has 0 unspecified atom stereocenters. The van der Waals surface area contributed by atoms with Crippen molar-refractivity contribution in [3.8, 4) is 28.1 Å². The van der Waals surface area contributed by atoms with Crippen LogP contribution in [0.2, 0.25) is 0 Å². The lowest BCUT2D eigenvalue weighted by atomic mass is 10.0. The van der Waals surface area contributed by atoms with Gasteiger partial charge in [0.25, 0.3) is 5.91 Å². The fourth-order valence-electron chi connectivity index (χ4n) is 3.88. The zero-order valence-corrected chi connectivity index (χ0v) is 19.3. The smallest absolute Gasteiger partial charge is 0.265 e. The van der Waals surface area contributed by atoms with Crippen LogP contribution in [0.4, 0.5) is 0 Å². The maximum atomic E-state index is 12.9. The summed E-state index contributed by atoms with van der Waals surface area (Å²) in [7, 11) is 0. The van der Waals surface area contributed by atoms with E-state index in [9.17, 15) is 4.79 Å². The van der Waals surface area contributed by atoms with E-state index >= 15 is 0 Å². The molecule has 5 aromatic rings. The fraction of sp³-hybridized carbons (Fsp3) is 0.0333. The van der Waals surface area contributed by atoms with Crippen molar-refractivity contribution in [3.63, 3.8) is 0 Å². The molecule has 0 atom stereocenters. The number of hydrazone groups is 1.